The van der Waals surface area contributed by atoms with E-state index in [9.17, 15) is 14.4 Å². The number of anilines is 1. The Bertz CT molecular complexity index is 1540. The van der Waals surface area contributed by atoms with Gasteiger partial charge in [0.25, 0.3) is 5.91 Å². The number of ketones is 1. The van der Waals surface area contributed by atoms with E-state index in [1.54, 1.807) is 74.6 Å². The Morgan fingerprint density at radius 2 is 1.46 bits per heavy atom. The summed E-state index contributed by atoms with van der Waals surface area (Å²) in [5.41, 5.74) is 1.07. The molecule has 3 aromatic carbocycles. The molecule has 1 heterocycles. The van der Waals surface area contributed by atoms with Crippen LogP contribution in [0, 0.1) is 5.92 Å². The van der Waals surface area contributed by atoms with Gasteiger partial charge in [0.15, 0.2) is 11.8 Å². The molecule has 1 unspecified atom stereocenters. The largest absolute Gasteiger partial charge is 0.497 e. The molecule has 48 heavy (non-hydrogen) atoms. The van der Waals surface area contributed by atoms with Crippen molar-refractivity contribution in [2.45, 2.75) is 51.8 Å². The van der Waals surface area contributed by atoms with E-state index >= 15 is 0 Å². The average molecular weight is 662 g/mol. The number of Topliss-reactive ketones (excluding diaryl/α,β-unsaturated/α-hetero) is 1. The van der Waals surface area contributed by atoms with Crippen LogP contribution in [0.5, 0.6) is 23.0 Å². The zero-order valence-corrected chi connectivity index (χ0v) is 28.9. The van der Waals surface area contributed by atoms with Gasteiger partial charge in [0.1, 0.15) is 28.6 Å². The lowest BCUT2D eigenvalue weighted by atomic mass is 9.96. The van der Waals surface area contributed by atoms with Crippen molar-refractivity contribution in [1.29, 1.82) is 0 Å². The van der Waals surface area contributed by atoms with E-state index in [4.69, 9.17) is 23.7 Å². The van der Waals surface area contributed by atoms with Crippen LogP contribution in [0.3, 0.4) is 0 Å². The average Bonchev–Trinajstić information content (AvgIpc) is 3.09. The Kier molecular flexibility index (Phi) is 12.2. The fraction of sp³-hybridized carbons (Fsp3) is 0.432. The number of ether oxygens (including phenoxy) is 5. The number of methoxy groups -OCH3 is 4. The summed E-state index contributed by atoms with van der Waals surface area (Å²) in [6, 6.07) is 18.1. The van der Waals surface area contributed by atoms with E-state index in [1.807, 2.05) is 51.1 Å². The quantitative estimate of drug-likeness (QED) is 0.181. The van der Waals surface area contributed by atoms with Crippen molar-refractivity contribution in [3.63, 3.8) is 0 Å². The fourth-order valence-electron chi connectivity index (χ4n) is 5.65. The number of amides is 2. The van der Waals surface area contributed by atoms with Gasteiger partial charge in [-0.25, -0.2) is 4.79 Å². The smallest absolute Gasteiger partial charge is 0.410 e. The highest BCUT2D eigenvalue weighted by molar-refractivity contribution is 6.16. The van der Waals surface area contributed by atoms with Crippen molar-refractivity contribution in [3.8, 4) is 23.0 Å². The number of para-hydroxylation sites is 2. The van der Waals surface area contributed by atoms with Crippen molar-refractivity contribution in [2.24, 2.45) is 5.92 Å². The minimum Gasteiger partial charge on any atom is -0.497 e. The van der Waals surface area contributed by atoms with Crippen LogP contribution in [0.4, 0.5) is 10.5 Å². The van der Waals surface area contributed by atoms with Crippen LogP contribution in [0.15, 0.2) is 66.7 Å². The molecule has 0 aromatic heterocycles. The number of nitrogens with zero attached hydrogens (tertiary/aromatic N) is 2. The van der Waals surface area contributed by atoms with Gasteiger partial charge in [-0.1, -0.05) is 12.1 Å². The summed E-state index contributed by atoms with van der Waals surface area (Å²) < 4.78 is 27.7. The molecule has 0 saturated carbocycles. The Hall–Kier alpha value is -4.93. The van der Waals surface area contributed by atoms with Gasteiger partial charge in [-0.05, 0) is 88.1 Å². The minimum absolute atomic E-state index is 0.116. The van der Waals surface area contributed by atoms with Crippen LogP contribution < -0.4 is 29.2 Å². The summed E-state index contributed by atoms with van der Waals surface area (Å²) >= 11 is 0. The number of benzene rings is 3. The van der Waals surface area contributed by atoms with Gasteiger partial charge < -0.3 is 38.8 Å². The maximum atomic E-state index is 14.4. The van der Waals surface area contributed by atoms with Crippen LogP contribution in [-0.2, 0) is 16.1 Å². The first kappa shape index (κ1) is 35.9. The normalized spacial score (nSPS) is 14.0. The van der Waals surface area contributed by atoms with Crippen LogP contribution in [-0.4, -0.2) is 82.4 Å². The molecule has 11 heteroatoms. The number of rotatable bonds is 13. The number of piperidine rings is 1. The van der Waals surface area contributed by atoms with E-state index in [-0.39, 0.29) is 18.6 Å². The highest BCUT2D eigenvalue weighted by Crippen LogP contribution is 2.34. The van der Waals surface area contributed by atoms with Crippen molar-refractivity contribution >= 4 is 23.5 Å². The molecule has 1 aliphatic heterocycles. The highest BCUT2D eigenvalue weighted by Gasteiger charge is 2.36. The lowest BCUT2D eigenvalue weighted by molar-refractivity contribution is -0.121. The third-order valence-corrected chi connectivity index (χ3v) is 8.24. The van der Waals surface area contributed by atoms with Gasteiger partial charge in [-0.2, -0.15) is 0 Å². The maximum Gasteiger partial charge on any atom is 0.410 e. The second-order valence-electron chi connectivity index (χ2n) is 12.6. The Morgan fingerprint density at radius 1 is 0.833 bits per heavy atom. The maximum absolute atomic E-state index is 14.4. The van der Waals surface area contributed by atoms with Crippen molar-refractivity contribution in [2.75, 3.05) is 53.0 Å². The van der Waals surface area contributed by atoms with E-state index in [2.05, 4.69) is 5.32 Å². The molecular weight excluding hydrogens is 614 g/mol. The van der Waals surface area contributed by atoms with E-state index < -0.39 is 23.3 Å². The molecule has 11 nitrogen and oxygen atoms in total. The van der Waals surface area contributed by atoms with Crippen molar-refractivity contribution < 1.29 is 38.1 Å². The summed E-state index contributed by atoms with van der Waals surface area (Å²) in [6.45, 7) is 7.06. The standard InChI is InChI=1S/C37H47N3O8/c1-37(2,3)48-36(43)39-20-18-25(19-21-39)23-38-35(42)33(34(41)26-12-15-28(44-4)16-13-26)40(30-10-8-9-11-31(30)46-6)24-27-14-17-29(45-5)22-32(27)47-7/h8-17,22,25,33H,18-21,23-24H2,1-7H3,(H,38,42). The number of nitrogens with one attached hydrogen (secondary N) is 1. The Balaban J connectivity index is 1.66. The van der Waals surface area contributed by atoms with E-state index in [0.717, 1.165) is 5.56 Å². The van der Waals surface area contributed by atoms with Gasteiger partial charge in [0.2, 0.25) is 0 Å². The number of hydrogen-bond acceptors (Lipinski definition) is 9. The molecule has 0 bridgehead atoms. The molecule has 1 aliphatic rings. The Morgan fingerprint density at radius 3 is 2.06 bits per heavy atom. The molecule has 0 spiro atoms. The SMILES string of the molecule is COc1ccc(C(=O)C(C(=O)NCC2CCN(C(=O)OC(C)(C)C)CC2)N(Cc2ccc(OC)cc2OC)c2ccccc2OC)cc1. The highest BCUT2D eigenvalue weighted by atomic mass is 16.6. The van der Waals surface area contributed by atoms with Gasteiger partial charge in [0.05, 0.1) is 34.1 Å². The zero-order chi connectivity index (χ0) is 34.8. The first-order chi connectivity index (χ1) is 23.0. The topological polar surface area (TPSA) is 116 Å². The van der Waals surface area contributed by atoms with E-state index in [1.165, 1.54) is 0 Å². The number of carbonyl (C=O) groups is 3. The molecule has 0 radical (unpaired) electrons. The van der Waals surface area contributed by atoms with E-state index in [0.29, 0.717) is 66.7 Å². The summed E-state index contributed by atoms with van der Waals surface area (Å²) in [5.74, 6) is 1.51. The van der Waals surface area contributed by atoms with Crippen LogP contribution in [0.2, 0.25) is 0 Å². The van der Waals surface area contributed by atoms with Crippen LogP contribution >= 0.6 is 0 Å². The molecule has 258 valence electrons. The molecule has 0 aliphatic carbocycles. The second-order valence-corrected chi connectivity index (χ2v) is 12.6. The Labute approximate surface area is 283 Å². The molecule has 4 rings (SSSR count). The third kappa shape index (κ3) is 9.11. The molecule has 2 amide bonds. The van der Waals surface area contributed by atoms with Gasteiger partial charge in [-0.3, -0.25) is 9.59 Å². The molecule has 1 N–H and O–H groups in total. The molecular formula is C37H47N3O8. The van der Waals surface area contributed by atoms with Crippen molar-refractivity contribution in [3.05, 3.63) is 77.9 Å². The second kappa shape index (κ2) is 16.3. The van der Waals surface area contributed by atoms with Gasteiger partial charge in [-0.15, -0.1) is 0 Å². The summed E-state index contributed by atoms with van der Waals surface area (Å²) in [7, 11) is 6.24. The lowest BCUT2D eigenvalue weighted by Crippen LogP contribution is -2.53. The molecule has 1 saturated heterocycles. The summed E-state index contributed by atoms with van der Waals surface area (Å²) in [5, 5.41) is 3.08. The first-order valence-corrected chi connectivity index (χ1v) is 16.0. The van der Waals surface area contributed by atoms with Crippen molar-refractivity contribution in [1.82, 2.24) is 10.2 Å². The third-order valence-electron chi connectivity index (χ3n) is 8.24. The van der Waals surface area contributed by atoms with Gasteiger partial charge >= 0.3 is 6.09 Å². The first-order valence-electron chi connectivity index (χ1n) is 16.0. The number of carbonyl (C=O) groups excluding carboxylic acids is 3. The molecule has 1 atom stereocenters. The van der Waals surface area contributed by atoms with Crippen LogP contribution in [0.25, 0.3) is 0 Å². The molecule has 3 aromatic rings. The summed E-state index contributed by atoms with van der Waals surface area (Å²) in [4.78, 5) is 44.8. The minimum atomic E-state index is -1.27. The predicted octanol–water partition coefficient (Wildman–Crippen LogP) is 5.74. The fourth-order valence-corrected chi connectivity index (χ4v) is 5.65. The van der Waals surface area contributed by atoms with Gasteiger partial charge in [0, 0.05) is 43.4 Å². The number of hydrogen-bond donors (Lipinski definition) is 1. The lowest BCUT2D eigenvalue weighted by Gasteiger charge is -2.35. The zero-order valence-electron chi connectivity index (χ0n) is 28.9. The monoisotopic (exact) mass is 661 g/mol. The number of likely N-dealkylation sites (tertiary alicyclic amines) is 1. The predicted molar refractivity (Wildman–Crippen MR) is 183 cm³/mol. The molecule has 1 fully saturated rings. The van der Waals surface area contributed by atoms with Crippen LogP contribution in [0.1, 0.15) is 49.5 Å². The summed E-state index contributed by atoms with van der Waals surface area (Å²) in [6.07, 6.45) is 1.04.